The Hall–Kier alpha value is -4.29. The maximum absolute atomic E-state index is 13.9. The smallest absolute Gasteiger partial charge is 0.245 e. The van der Waals surface area contributed by atoms with Gasteiger partial charge in [0.2, 0.25) is 11.8 Å². The Labute approximate surface area is 282 Å². The summed E-state index contributed by atoms with van der Waals surface area (Å²) in [6.45, 7) is 14.6. The Morgan fingerprint density at radius 2 is 1.56 bits per heavy atom. The van der Waals surface area contributed by atoms with Gasteiger partial charge < -0.3 is 34.7 Å². The van der Waals surface area contributed by atoms with Crippen LogP contribution in [0.4, 0.5) is 0 Å². The Morgan fingerprint density at radius 3 is 2.21 bits per heavy atom. The number of carbonyl (C=O) groups is 2. The van der Waals surface area contributed by atoms with Crippen LogP contribution in [-0.2, 0) is 43.2 Å². The first-order valence-electron chi connectivity index (χ1n) is 16.5. The fraction of sp³-hybridized carbons (Fsp3) is 0.432. The Balaban J connectivity index is 1.27. The van der Waals surface area contributed by atoms with Gasteiger partial charge in [-0.05, 0) is 42.9 Å². The predicted octanol–water partition coefficient (Wildman–Crippen LogP) is 3.27. The van der Waals surface area contributed by atoms with Crippen LogP contribution in [0.3, 0.4) is 0 Å². The van der Waals surface area contributed by atoms with E-state index in [1.165, 1.54) is 7.11 Å². The highest BCUT2D eigenvalue weighted by Gasteiger charge is 2.45. The molecule has 3 N–H and O–H groups in total. The summed E-state index contributed by atoms with van der Waals surface area (Å²) in [5.41, 5.74) is 3.38. The van der Waals surface area contributed by atoms with Gasteiger partial charge in [-0.3, -0.25) is 14.5 Å². The molecule has 0 radical (unpaired) electrons. The van der Waals surface area contributed by atoms with Gasteiger partial charge in [-0.2, -0.15) is 0 Å². The lowest BCUT2D eigenvalue weighted by Gasteiger charge is -2.28. The fourth-order valence-corrected chi connectivity index (χ4v) is 5.69. The average molecular weight is 658 g/mol. The standard InChI is InChI=1S/C37H47N5O6/c1-26(37(3)25-47-37)32(21-29-13-9-6-10-14-29)39-36(44)34(24-45-4)40-35(43)31(16-15-28-11-7-5-8-12-28)38-27(2)33-22-30(48-41-33)23-42-17-19-46-20-18-42/h5-14,22,31-32,34,38H,1-2,15-21,23-25H2,3-4H3,(H,39,44)(H,40,43)/t31?,32?,34-,37?/m0/s1. The van der Waals surface area contributed by atoms with E-state index in [2.05, 4.69) is 39.2 Å². The first kappa shape index (κ1) is 35.0. The van der Waals surface area contributed by atoms with Gasteiger partial charge in [0.25, 0.3) is 0 Å². The molecule has 48 heavy (non-hydrogen) atoms. The second-order valence-corrected chi connectivity index (χ2v) is 12.6. The van der Waals surface area contributed by atoms with E-state index in [-0.39, 0.29) is 18.4 Å². The van der Waals surface area contributed by atoms with Crippen molar-refractivity contribution >= 4 is 17.5 Å². The topological polar surface area (TPSA) is 130 Å². The van der Waals surface area contributed by atoms with Crippen molar-refractivity contribution in [1.29, 1.82) is 0 Å². The monoisotopic (exact) mass is 657 g/mol. The average Bonchev–Trinajstić information content (AvgIpc) is 3.69. The Morgan fingerprint density at radius 1 is 0.938 bits per heavy atom. The molecule has 4 atom stereocenters. The van der Waals surface area contributed by atoms with Crippen molar-refractivity contribution < 1.29 is 28.3 Å². The number of nitrogens with one attached hydrogen (secondary N) is 3. The highest BCUT2D eigenvalue weighted by Crippen LogP contribution is 2.36. The molecule has 1 aromatic heterocycles. The van der Waals surface area contributed by atoms with Gasteiger partial charge in [-0.1, -0.05) is 79.0 Å². The number of hydrogen-bond acceptors (Lipinski definition) is 9. The van der Waals surface area contributed by atoms with Crippen LogP contribution in [0, 0.1) is 0 Å². The fourth-order valence-electron chi connectivity index (χ4n) is 5.69. The summed E-state index contributed by atoms with van der Waals surface area (Å²) in [6, 6.07) is 19.6. The molecule has 2 aliphatic heterocycles. The highest BCUT2D eigenvalue weighted by atomic mass is 16.6. The van der Waals surface area contributed by atoms with Crippen molar-refractivity contribution in [1.82, 2.24) is 26.0 Å². The van der Waals surface area contributed by atoms with Crippen LogP contribution in [0.1, 0.15) is 35.9 Å². The SMILES string of the molecule is C=C(NC(CCc1ccccc1)C(=O)N[C@@H](COC)C(=O)NC(Cc1ccccc1)C(=C)C1(C)CO1)c1cc(CN2CCOCC2)on1. The van der Waals surface area contributed by atoms with Crippen LogP contribution in [0.2, 0.25) is 0 Å². The molecule has 3 aromatic rings. The molecule has 0 spiro atoms. The van der Waals surface area contributed by atoms with E-state index < -0.39 is 23.7 Å². The summed E-state index contributed by atoms with van der Waals surface area (Å²) in [7, 11) is 1.50. The number of benzene rings is 2. The first-order chi connectivity index (χ1) is 23.2. The molecule has 0 saturated carbocycles. The molecule has 256 valence electrons. The summed E-state index contributed by atoms with van der Waals surface area (Å²) in [5.74, 6) is -0.0345. The molecular formula is C37H47N5O6. The number of aromatic nitrogens is 1. The second kappa shape index (κ2) is 16.7. The summed E-state index contributed by atoms with van der Waals surface area (Å²) >= 11 is 0. The van der Waals surface area contributed by atoms with Crippen molar-refractivity contribution in [3.63, 3.8) is 0 Å². The minimum Gasteiger partial charge on any atom is -0.382 e. The van der Waals surface area contributed by atoms with E-state index in [0.29, 0.717) is 62.8 Å². The Bertz CT molecular complexity index is 1520. The third kappa shape index (κ3) is 9.86. The summed E-state index contributed by atoms with van der Waals surface area (Å²) in [5, 5.41) is 13.5. The molecule has 0 bridgehead atoms. The van der Waals surface area contributed by atoms with Gasteiger partial charge in [0, 0.05) is 26.3 Å². The van der Waals surface area contributed by atoms with Gasteiger partial charge in [-0.15, -0.1) is 0 Å². The molecule has 3 unspecified atom stereocenters. The minimum absolute atomic E-state index is 0.0174. The lowest BCUT2D eigenvalue weighted by Crippen LogP contribution is -2.56. The van der Waals surface area contributed by atoms with Crippen LogP contribution in [0.5, 0.6) is 0 Å². The number of aryl methyl sites for hydroxylation is 1. The number of rotatable bonds is 18. The van der Waals surface area contributed by atoms with Gasteiger partial charge in [-0.25, -0.2) is 0 Å². The normalized spacial score (nSPS) is 19.5. The number of morpholine rings is 1. The van der Waals surface area contributed by atoms with Gasteiger partial charge in [0.1, 0.15) is 23.4 Å². The number of ether oxygens (including phenoxy) is 3. The van der Waals surface area contributed by atoms with Gasteiger partial charge >= 0.3 is 0 Å². The molecule has 0 aliphatic carbocycles. The minimum atomic E-state index is -0.956. The molecule has 2 amide bonds. The molecular weight excluding hydrogens is 610 g/mol. The van der Waals surface area contributed by atoms with E-state index in [1.54, 1.807) is 0 Å². The van der Waals surface area contributed by atoms with Crippen LogP contribution in [-0.4, -0.2) is 92.2 Å². The molecule has 2 fully saturated rings. The number of methoxy groups -OCH3 is 1. The zero-order chi connectivity index (χ0) is 33.9. The van der Waals surface area contributed by atoms with Crippen LogP contribution in [0.25, 0.3) is 5.70 Å². The Kier molecular flexibility index (Phi) is 12.2. The van der Waals surface area contributed by atoms with Crippen LogP contribution >= 0.6 is 0 Å². The maximum Gasteiger partial charge on any atom is 0.245 e. The van der Waals surface area contributed by atoms with E-state index in [9.17, 15) is 9.59 Å². The largest absolute Gasteiger partial charge is 0.382 e. The number of hydrogen-bond donors (Lipinski definition) is 3. The van der Waals surface area contributed by atoms with Gasteiger partial charge in [0.15, 0.2) is 5.76 Å². The van der Waals surface area contributed by atoms with E-state index >= 15 is 0 Å². The van der Waals surface area contributed by atoms with E-state index in [1.807, 2.05) is 73.7 Å². The molecule has 5 rings (SSSR count). The van der Waals surface area contributed by atoms with Crippen molar-refractivity contribution in [3.8, 4) is 0 Å². The number of carbonyl (C=O) groups excluding carboxylic acids is 2. The quantitative estimate of drug-likeness (QED) is 0.139. The van der Waals surface area contributed by atoms with Crippen molar-refractivity contribution in [2.75, 3.05) is 46.6 Å². The highest BCUT2D eigenvalue weighted by molar-refractivity contribution is 5.91. The number of nitrogens with zero attached hydrogens (tertiary/aromatic N) is 2. The third-order valence-corrected chi connectivity index (χ3v) is 8.82. The van der Waals surface area contributed by atoms with Crippen molar-refractivity contribution in [2.24, 2.45) is 0 Å². The third-order valence-electron chi connectivity index (χ3n) is 8.82. The van der Waals surface area contributed by atoms with Crippen molar-refractivity contribution in [2.45, 2.75) is 56.5 Å². The molecule has 2 aromatic carbocycles. The molecule has 11 heteroatoms. The van der Waals surface area contributed by atoms with Crippen LogP contribution in [0.15, 0.2) is 90.0 Å². The molecule has 3 heterocycles. The lowest BCUT2D eigenvalue weighted by atomic mass is 9.91. The summed E-state index contributed by atoms with van der Waals surface area (Å²) in [4.78, 5) is 29.9. The molecule has 11 nitrogen and oxygen atoms in total. The number of amides is 2. The van der Waals surface area contributed by atoms with Crippen molar-refractivity contribution in [3.05, 3.63) is 108 Å². The predicted molar refractivity (Wildman–Crippen MR) is 183 cm³/mol. The summed E-state index contributed by atoms with van der Waals surface area (Å²) < 4.78 is 22.1. The number of epoxide rings is 1. The lowest BCUT2D eigenvalue weighted by molar-refractivity contribution is -0.131. The summed E-state index contributed by atoms with van der Waals surface area (Å²) in [6.07, 6.45) is 1.60. The zero-order valence-electron chi connectivity index (χ0n) is 27.9. The first-order valence-corrected chi connectivity index (χ1v) is 16.5. The molecule has 2 saturated heterocycles. The molecule has 2 aliphatic rings. The van der Waals surface area contributed by atoms with E-state index in [4.69, 9.17) is 18.7 Å². The van der Waals surface area contributed by atoms with Gasteiger partial charge in [0.05, 0.1) is 44.7 Å². The zero-order valence-corrected chi connectivity index (χ0v) is 27.9. The van der Waals surface area contributed by atoms with Crippen LogP contribution < -0.4 is 16.0 Å². The van der Waals surface area contributed by atoms with E-state index in [0.717, 1.165) is 29.8 Å². The second-order valence-electron chi connectivity index (χ2n) is 12.6. The maximum atomic E-state index is 13.9.